The topological polar surface area (TPSA) is 84.9 Å². The predicted molar refractivity (Wildman–Crippen MR) is 83.6 cm³/mol. The molecular formula is C17H21NO5. The minimum Gasteiger partial charge on any atom is -0.497 e. The van der Waals surface area contributed by atoms with E-state index in [1.807, 2.05) is 0 Å². The molecule has 0 unspecified atom stereocenters. The molecule has 0 aromatic heterocycles. The summed E-state index contributed by atoms with van der Waals surface area (Å²) in [5, 5.41) is 12.3. The molecule has 6 nitrogen and oxygen atoms in total. The zero-order valence-corrected chi connectivity index (χ0v) is 13.2. The van der Waals surface area contributed by atoms with E-state index in [0.29, 0.717) is 17.2 Å². The van der Waals surface area contributed by atoms with E-state index < -0.39 is 17.8 Å². The number of rotatable bonds is 5. The van der Waals surface area contributed by atoms with Gasteiger partial charge in [0.1, 0.15) is 11.5 Å². The van der Waals surface area contributed by atoms with E-state index in [1.165, 1.54) is 7.11 Å². The maximum absolute atomic E-state index is 12.7. The minimum absolute atomic E-state index is 0.125. The second-order valence-corrected chi connectivity index (χ2v) is 6.28. The number of carbonyl (C=O) groups excluding carboxylic acids is 1. The van der Waals surface area contributed by atoms with Gasteiger partial charge in [-0.15, -0.1) is 0 Å². The van der Waals surface area contributed by atoms with Crippen LogP contribution < -0.4 is 14.8 Å². The highest BCUT2D eigenvalue weighted by atomic mass is 16.5. The Morgan fingerprint density at radius 2 is 1.83 bits per heavy atom. The summed E-state index contributed by atoms with van der Waals surface area (Å²) in [6, 6.07) is 5.13. The van der Waals surface area contributed by atoms with Gasteiger partial charge in [-0.05, 0) is 43.2 Å². The first kappa shape index (κ1) is 15.6. The van der Waals surface area contributed by atoms with Crippen molar-refractivity contribution in [2.75, 3.05) is 19.5 Å². The second kappa shape index (κ2) is 6.10. The highest BCUT2D eigenvalue weighted by Crippen LogP contribution is 2.52. The molecule has 2 aliphatic carbocycles. The molecule has 0 heterocycles. The molecule has 2 bridgehead atoms. The van der Waals surface area contributed by atoms with E-state index in [1.54, 1.807) is 25.3 Å². The molecular weight excluding hydrogens is 298 g/mol. The molecule has 124 valence electrons. The first-order chi connectivity index (χ1) is 11.0. The minimum atomic E-state index is -0.866. The van der Waals surface area contributed by atoms with Crippen molar-refractivity contribution in [3.8, 4) is 11.5 Å². The van der Waals surface area contributed by atoms with E-state index in [4.69, 9.17) is 9.47 Å². The Morgan fingerprint density at radius 1 is 1.13 bits per heavy atom. The number of fused-ring (bicyclic) bond motifs is 2. The molecule has 4 atom stereocenters. The number of ether oxygens (including phenoxy) is 2. The van der Waals surface area contributed by atoms with Crippen LogP contribution in [0.15, 0.2) is 18.2 Å². The molecule has 3 rings (SSSR count). The van der Waals surface area contributed by atoms with E-state index in [2.05, 4.69) is 5.32 Å². The van der Waals surface area contributed by atoms with Gasteiger partial charge >= 0.3 is 5.97 Å². The SMILES string of the molecule is COc1ccc(OC)c(NC(=O)[C@@H]2[C@@H]3CC[C@@H](C3)[C@@H]2C(=O)O)c1. The van der Waals surface area contributed by atoms with Gasteiger partial charge in [0.25, 0.3) is 0 Å². The second-order valence-electron chi connectivity index (χ2n) is 6.28. The number of benzene rings is 1. The Morgan fingerprint density at radius 3 is 2.43 bits per heavy atom. The van der Waals surface area contributed by atoms with Gasteiger partial charge in [-0.3, -0.25) is 9.59 Å². The fraction of sp³-hybridized carbons (Fsp3) is 0.529. The lowest BCUT2D eigenvalue weighted by atomic mass is 9.78. The third kappa shape index (κ3) is 2.73. The fourth-order valence-corrected chi connectivity index (χ4v) is 4.15. The van der Waals surface area contributed by atoms with Crippen LogP contribution in [-0.4, -0.2) is 31.2 Å². The van der Waals surface area contributed by atoms with Crippen molar-refractivity contribution < 1.29 is 24.2 Å². The largest absolute Gasteiger partial charge is 0.497 e. The molecule has 0 radical (unpaired) electrons. The molecule has 0 aliphatic heterocycles. The smallest absolute Gasteiger partial charge is 0.307 e. The third-order valence-corrected chi connectivity index (χ3v) is 5.17. The van der Waals surface area contributed by atoms with Gasteiger partial charge in [-0.2, -0.15) is 0 Å². The van der Waals surface area contributed by atoms with Crippen LogP contribution in [-0.2, 0) is 9.59 Å². The highest BCUT2D eigenvalue weighted by Gasteiger charge is 2.54. The average molecular weight is 319 g/mol. The van der Waals surface area contributed by atoms with Crippen molar-refractivity contribution in [1.29, 1.82) is 0 Å². The fourth-order valence-electron chi connectivity index (χ4n) is 4.15. The quantitative estimate of drug-likeness (QED) is 0.870. The van der Waals surface area contributed by atoms with Gasteiger partial charge in [-0.25, -0.2) is 0 Å². The lowest BCUT2D eigenvalue weighted by molar-refractivity contribution is -0.148. The van der Waals surface area contributed by atoms with E-state index >= 15 is 0 Å². The summed E-state index contributed by atoms with van der Waals surface area (Å²) in [5.41, 5.74) is 0.503. The Bertz CT molecular complexity index is 629. The number of nitrogens with one attached hydrogen (secondary N) is 1. The van der Waals surface area contributed by atoms with Crippen LogP contribution in [0.5, 0.6) is 11.5 Å². The summed E-state index contributed by atoms with van der Waals surface area (Å²) in [7, 11) is 3.07. The summed E-state index contributed by atoms with van der Waals surface area (Å²) in [6.07, 6.45) is 2.68. The van der Waals surface area contributed by atoms with Gasteiger partial charge in [0, 0.05) is 6.07 Å². The van der Waals surface area contributed by atoms with Gasteiger partial charge in [0.2, 0.25) is 5.91 Å². The lowest BCUT2D eigenvalue weighted by Gasteiger charge is -2.27. The first-order valence-electron chi connectivity index (χ1n) is 7.80. The van der Waals surface area contributed by atoms with Crippen LogP contribution in [0, 0.1) is 23.7 Å². The number of aliphatic carboxylic acids is 1. The van der Waals surface area contributed by atoms with E-state index in [9.17, 15) is 14.7 Å². The Balaban J connectivity index is 1.83. The summed E-state index contributed by atoms with van der Waals surface area (Å²) in [5.74, 6) is -0.741. The maximum atomic E-state index is 12.7. The molecule has 0 spiro atoms. The number of methoxy groups -OCH3 is 2. The summed E-state index contributed by atoms with van der Waals surface area (Å²) in [4.78, 5) is 24.3. The number of hydrogen-bond acceptors (Lipinski definition) is 4. The Labute approximate surface area is 134 Å². The first-order valence-corrected chi connectivity index (χ1v) is 7.80. The molecule has 1 amide bonds. The lowest BCUT2D eigenvalue weighted by Crippen LogP contribution is -2.37. The van der Waals surface area contributed by atoms with Crippen LogP contribution in [0.4, 0.5) is 5.69 Å². The molecule has 6 heteroatoms. The number of hydrogen-bond donors (Lipinski definition) is 2. The van der Waals surface area contributed by atoms with Crippen molar-refractivity contribution in [2.45, 2.75) is 19.3 Å². The van der Waals surface area contributed by atoms with Gasteiger partial charge in [0.05, 0.1) is 31.7 Å². The van der Waals surface area contributed by atoms with Crippen LogP contribution in [0.3, 0.4) is 0 Å². The molecule has 2 saturated carbocycles. The van der Waals surface area contributed by atoms with Crippen LogP contribution >= 0.6 is 0 Å². The van der Waals surface area contributed by atoms with Gasteiger partial charge in [0.15, 0.2) is 0 Å². The molecule has 1 aromatic rings. The number of amides is 1. The van der Waals surface area contributed by atoms with Crippen LogP contribution in [0.25, 0.3) is 0 Å². The normalized spacial score (nSPS) is 28.4. The molecule has 0 saturated heterocycles. The molecule has 23 heavy (non-hydrogen) atoms. The zero-order valence-electron chi connectivity index (χ0n) is 13.2. The summed E-state index contributed by atoms with van der Waals surface area (Å²) >= 11 is 0. The van der Waals surface area contributed by atoms with Gasteiger partial charge < -0.3 is 19.9 Å². The van der Waals surface area contributed by atoms with Crippen LogP contribution in [0.1, 0.15) is 19.3 Å². The average Bonchev–Trinajstić information content (AvgIpc) is 3.15. The zero-order chi connectivity index (χ0) is 16.6. The van der Waals surface area contributed by atoms with Crippen molar-refractivity contribution >= 4 is 17.6 Å². The summed E-state index contributed by atoms with van der Waals surface area (Å²) < 4.78 is 10.4. The highest BCUT2D eigenvalue weighted by molar-refractivity contribution is 5.97. The van der Waals surface area contributed by atoms with E-state index in [-0.39, 0.29) is 17.7 Å². The number of carboxylic acids is 1. The summed E-state index contributed by atoms with van der Waals surface area (Å²) in [6.45, 7) is 0. The Kier molecular flexibility index (Phi) is 4.15. The van der Waals surface area contributed by atoms with Crippen LogP contribution in [0.2, 0.25) is 0 Å². The maximum Gasteiger partial charge on any atom is 0.307 e. The van der Waals surface area contributed by atoms with Crippen molar-refractivity contribution in [3.63, 3.8) is 0 Å². The van der Waals surface area contributed by atoms with Gasteiger partial charge in [-0.1, -0.05) is 0 Å². The predicted octanol–water partition coefficient (Wildman–Crippen LogP) is 2.39. The number of carboxylic acid groups (broad SMARTS) is 1. The van der Waals surface area contributed by atoms with Crippen molar-refractivity contribution in [3.05, 3.63) is 18.2 Å². The van der Waals surface area contributed by atoms with Crippen molar-refractivity contribution in [1.82, 2.24) is 0 Å². The van der Waals surface area contributed by atoms with Crippen molar-refractivity contribution in [2.24, 2.45) is 23.7 Å². The molecule has 2 N–H and O–H groups in total. The number of carbonyl (C=O) groups is 2. The Hall–Kier alpha value is -2.24. The van der Waals surface area contributed by atoms with E-state index in [0.717, 1.165) is 19.3 Å². The molecule has 1 aromatic carbocycles. The molecule has 2 aliphatic rings. The standard InChI is InChI=1S/C17H21NO5/c1-22-11-5-6-13(23-2)12(8-11)18-16(19)14-9-3-4-10(7-9)15(14)17(20)21/h5-6,8-10,14-15H,3-4,7H2,1-2H3,(H,18,19)(H,20,21)/t9-,10+,14-,15+/m1/s1. The molecule has 2 fully saturated rings. The third-order valence-electron chi connectivity index (χ3n) is 5.17. The monoisotopic (exact) mass is 319 g/mol. The number of anilines is 1.